The first-order valence-electron chi connectivity index (χ1n) is 8.52. The van der Waals surface area contributed by atoms with Crippen molar-refractivity contribution in [1.29, 1.82) is 0 Å². The van der Waals surface area contributed by atoms with Gasteiger partial charge < -0.3 is 5.11 Å². The van der Waals surface area contributed by atoms with E-state index in [9.17, 15) is 4.79 Å². The van der Waals surface area contributed by atoms with E-state index >= 15 is 0 Å². The summed E-state index contributed by atoms with van der Waals surface area (Å²) in [5.41, 5.74) is 1.42. The molecule has 3 nitrogen and oxygen atoms in total. The lowest BCUT2D eigenvalue weighted by molar-refractivity contribution is -0.137. The number of pyridine rings is 1. The van der Waals surface area contributed by atoms with Crippen molar-refractivity contribution in [2.24, 2.45) is 17.8 Å². The van der Waals surface area contributed by atoms with Gasteiger partial charge in [0.1, 0.15) is 0 Å². The van der Waals surface area contributed by atoms with E-state index in [0.29, 0.717) is 5.92 Å². The van der Waals surface area contributed by atoms with Crippen LogP contribution in [0.4, 0.5) is 0 Å². The van der Waals surface area contributed by atoms with E-state index in [0.717, 1.165) is 37.0 Å². The minimum atomic E-state index is -0.696. The minimum absolute atomic E-state index is 0.275. The van der Waals surface area contributed by atoms with Crippen molar-refractivity contribution in [3.05, 3.63) is 42.2 Å². The third-order valence-electron chi connectivity index (χ3n) is 5.49. The number of hydrogen-bond donors (Lipinski definition) is 1. The summed E-state index contributed by atoms with van der Waals surface area (Å²) in [6, 6.07) is 4.29. The summed E-state index contributed by atoms with van der Waals surface area (Å²) in [6.45, 7) is 0. The molecule has 0 aromatic carbocycles. The summed E-state index contributed by atoms with van der Waals surface area (Å²) in [5.74, 6) is 2.45. The lowest BCUT2D eigenvalue weighted by Crippen LogP contribution is -2.20. The lowest BCUT2D eigenvalue weighted by atomic mass is 9.74. The number of nitrogens with zero attached hydrogens (tertiary/aromatic N) is 1. The third kappa shape index (κ3) is 3.40. The Kier molecular flexibility index (Phi) is 4.91. The number of aromatic nitrogens is 1. The summed E-state index contributed by atoms with van der Waals surface area (Å²) in [5, 5.41) is 8.64. The fraction of sp³-hybridized carbons (Fsp3) is 0.579. The van der Waals surface area contributed by atoms with Gasteiger partial charge in [-0.1, -0.05) is 18.2 Å². The number of carbonyl (C=O) groups is 1. The van der Waals surface area contributed by atoms with E-state index in [2.05, 4.69) is 35.5 Å². The first kappa shape index (κ1) is 15.3. The number of fused-ring (bicyclic) bond motifs is 2. The highest BCUT2D eigenvalue weighted by molar-refractivity contribution is 5.66. The van der Waals surface area contributed by atoms with E-state index in [1.807, 2.05) is 6.20 Å². The molecule has 1 aromatic rings. The van der Waals surface area contributed by atoms with Crippen LogP contribution in [-0.2, 0) is 4.79 Å². The standard InChI is InChI=1S/C19H25NO2/c21-18(22)8-4-2-1-3-7-17-14-9-10-15(12-14)19(17)16-6-5-11-20-13-16/h1,3,5-6,11,13-15,17,19H,2,4,7-10,12H2,(H,21,22)/b3-1-/t14-,15+,17+,19-/m0/s1. The lowest BCUT2D eigenvalue weighted by Gasteiger charge is -2.30. The zero-order valence-electron chi connectivity index (χ0n) is 13.0. The van der Waals surface area contributed by atoms with Gasteiger partial charge in [0.15, 0.2) is 0 Å². The Morgan fingerprint density at radius 1 is 1.32 bits per heavy atom. The molecule has 22 heavy (non-hydrogen) atoms. The van der Waals surface area contributed by atoms with Gasteiger partial charge in [0.2, 0.25) is 0 Å². The first-order valence-corrected chi connectivity index (χ1v) is 8.52. The molecule has 0 amide bonds. The van der Waals surface area contributed by atoms with Crippen molar-refractivity contribution in [3.63, 3.8) is 0 Å². The van der Waals surface area contributed by atoms with Crippen LogP contribution in [0, 0.1) is 17.8 Å². The number of unbranched alkanes of at least 4 members (excludes halogenated alkanes) is 1. The maximum atomic E-state index is 10.5. The Morgan fingerprint density at radius 2 is 2.18 bits per heavy atom. The molecular formula is C19H25NO2. The highest BCUT2D eigenvalue weighted by Crippen LogP contribution is 2.57. The fourth-order valence-electron chi connectivity index (χ4n) is 4.58. The Balaban J connectivity index is 1.57. The monoisotopic (exact) mass is 299 g/mol. The number of aliphatic carboxylic acids is 1. The first-order chi connectivity index (χ1) is 10.8. The summed E-state index contributed by atoms with van der Waals surface area (Å²) in [6.07, 6.45) is 15.6. The molecule has 0 spiro atoms. The molecule has 2 saturated carbocycles. The largest absolute Gasteiger partial charge is 0.481 e. The van der Waals surface area contributed by atoms with Crippen LogP contribution < -0.4 is 0 Å². The summed E-state index contributed by atoms with van der Waals surface area (Å²) >= 11 is 0. The van der Waals surface area contributed by atoms with E-state index in [-0.39, 0.29) is 6.42 Å². The van der Waals surface area contributed by atoms with Crippen LogP contribution in [0.1, 0.15) is 56.4 Å². The molecular weight excluding hydrogens is 274 g/mol. The van der Waals surface area contributed by atoms with E-state index in [1.165, 1.54) is 24.8 Å². The molecule has 0 unspecified atom stereocenters. The van der Waals surface area contributed by atoms with Crippen LogP contribution in [0.15, 0.2) is 36.7 Å². The van der Waals surface area contributed by atoms with Crippen molar-refractivity contribution < 1.29 is 9.90 Å². The molecule has 4 atom stereocenters. The van der Waals surface area contributed by atoms with Crippen LogP contribution in [-0.4, -0.2) is 16.1 Å². The predicted octanol–water partition coefficient (Wildman–Crippen LogP) is 4.41. The highest BCUT2D eigenvalue weighted by Gasteiger charge is 2.47. The smallest absolute Gasteiger partial charge is 0.303 e. The second-order valence-corrected chi connectivity index (χ2v) is 6.80. The van der Waals surface area contributed by atoms with Gasteiger partial charge in [-0.2, -0.15) is 0 Å². The number of hydrogen-bond acceptors (Lipinski definition) is 2. The molecule has 0 radical (unpaired) electrons. The van der Waals surface area contributed by atoms with Crippen LogP contribution >= 0.6 is 0 Å². The molecule has 2 aliphatic rings. The molecule has 3 heteroatoms. The highest BCUT2D eigenvalue weighted by atomic mass is 16.4. The molecule has 1 N–H and O–H groups in total. The third-order valence-corrected chi connectivity index (χ3v) is 5.49. The summed E-state index contributed by atoms with van der Waals surface area (Å²) in [4.78, 5) is 14.8. The zero-order valence-corrected chi connectivity index (χ0v) is 13.0. The molecule has 118 valence electrons. The molecule has 1 heterocycles. The molecule has 0 saturated heterocycles. The van der Waals surface area contributed by atoms with Crippen molar-refractivity contribution >= 4 is 5.97 Å². The molecule has 1 aromatic heterocycles. The molecule has 2 fully saturated rings. The Bertz CT molecular complexity index is 525. The van der Waals surface area contributed by atoms with Crippen LogP contribution in [0.2, 0.25) is 0 Å². The van der Waals surface area contributed by atoms with Gasteiger partial charge in [-0.3, -0.25) is 9.78 Å². The number of carboxylic acids is 1. The molecule has 0 aliphatic heterocycles. The Hall–Kier alpha value is -1.64. The van der Waals surface area contributed by atoms with Crippen molar-refractivity contribution in [1.82, 2.24) is 4.98 Å². The van der Waals surface area contributed by atoms with Crippen molar-refractivity contribution in [2.75, 3.05) is 0 Å². The number of carboxylic acid groups (broad SMARTS) is 1. The van der Waals surface area contributed by atoms with Crippen LogP contribution in [0.5, 0.6) is 0 Å². The van der Waals surface area contributed by atoms with E-state index in [4.69, 9.17) is 5.11 Å². The second kappa shape index (κ2) is 7.08. The van der Waals surface area contributed by atoms with E-state index < -0.39 is 5.97 Å². The fourth-order valence-corrected chi connectivity index (χ4v) is 4.58. The number of rotatable bonds is 7. The molecule has 2 aliphatic carbocycles. The Labute approximate surface area is 132 Å². The van der Waals surface area contributed by atoms with Gasteiger partial charge >= 0.3 is 5.97 Å². The normalized spacial score (nSPS) is 30.2. The van der Waals surface area contributed by atoms with E-state index in [1.54, 1.807) is 0 Å². The van der Waals surface area contributed by atoms with Gasteiger partial charge in [0.05, 0.1) is 0 Å². The summed E-state index contributed by atoms with van der Waals surface area (Å²) in [7, 11) is 0. The quantitative estimate of drug-likeness (QED) is 0.599. The van der Waals surface area contributed by atoms with Gasteiger partial charge in [0, 0.05) is 18.8 Å². The predicted molar refractivity (Wildman–Crippen MR) is 86.5 cm³/mol. The maximum Gasteiger partial charge on any atom is 0.303 e. The molecule has 2 bridgehead atoms. The number of allylic oxidation sites excluding steroid dienone is 2. The van der Waals surface area contributed by atoms with Crippen molar-refractivity contribution in [3.8, 4) is 0 Å². The van der Waals surface area contributed by atoms with Crippen LogP contribution in [0.25, 0.3) is 0 Å². The van der Waals surface area contributed by atoms with Crippen molar-refractivity contribution in [2.45, 2.75) is 50.9 Å². The second-order valence-electron chi connectivity index (χ2n) is 6.80. The average Bonchev–Trinajstić information content (AvgIpc) is 3.12. The van der Waals surface area contributed by atoms with Crippen LogP contribution in [0.3, 0.4) is 0 Å². The van der Waals surface area contributed by atoms with Gasteiger partial charge in [0.25, 0.3) is 0 Å². The zero-order chi connectivity index (χ0) is 15.4. The minimum Gasteiger partial charge on any atom is -0.481 e. The Morgan fingerprint density at radius 3 is 2.95 bits per heavy atom. The molecule has 3 rings (SSSR count). The van der Waals surface area contributed by atoms with Gasteiger partial charge in [-0.25, -0.2) is 0 Å². The maximum absolute atomic E-state index is 10.5. The topological polar surface area (TPSA) is 50.2 Å². The SMILES string of the molecule is O=C(O)CCC/C=C\C[C@@H]1[C@H]2CC[C@H](C2)[C@H]1c1cccnc1. The average molecular weight is 299 g/mol. The summed E-state index contributed by atoms with van der Waals surface area (Å²) < 4.78 is 0. The van der Waals surface area contributed by atoms with Gasteiger partial charge in [-0.15, -0.1) is 0 Å². The van der Waals surface area contributed by atoms with Gasteiger partial charge in [-0.05, 0) is 73.8 Å².